The normalized spacial score (nSPS) is 20.7. The Labute approximate surface area is 110 Å². The average molecular weight is 248 g/mol. The molecule has 0 aromatic carbocycles. The molecule has 4 nitrogen and oxygen atoms in total. The van der Waals surface area contributed by atoms with Gasteiger partial charge in [0.1, 0.15) is 0 Å². The fourth-order valence-corrected chi connectivity index (χ4v) is 2.55. The lowest BCUT2D eigenvalue weighted by Gasteiger charge is -2.25. The monoisotopic (exact) mass is 248 g/mol. The van der Waals surface area contributed by atoms with Gasteiger partial charge in [-0.05, 0) is 45.6 Å². The maximum Gasteiger partial charge on any atom is 0.0501 e. The van der Waals surface area contributed by atoms with Gasteiger partial charge in [-0.3, -0.25) is 4.98 Å². The summed E-state index contributed by atoms with van der Waals surface area (Å²) in [5, 5.41) is 0. The Morgan fingerprint density at radius 3 is 2.94 bits per heavy atom. The van der Waals surface area contributed by atoms with E-state index in [0.29, 0.717) is 0 Å². The fourth-order valence-electron chi connectivity index (χ4n) is 2.55. The second-order valence-electron chi connectivity index (χ2n) is 5.37. The summed E-state index contributed by atoms with van der Waals surface area (Å²) >= 11 is 0. The number of hydrogen-bond donors (Lipinski definition) is 1. The van der Waals surface area contributed by atoms with Crippen LogP contribution in [0.2, 0.25) is 0 Å². The number of hydrogen-bond acceptors (Lipinski definition) is 4. The van der Waals surface area contributed by atoms with Gasteiger partial charge in [-0.1, -0.05) is 0 Å². The molecule has 2 N–H and O–H groups in total. The highest BCUT2D eigenvalue weighted by Crippen LogP contribution is 2.15. The smallest absolute Gasteiger partial charge is 0.0501 e. The maximum atomic E-state index is 5.63. The van der Waals surface area contributed by atoms with Crippen molar-refractivity contribution < 1.29 is 0 Å². The van der Waals surface area contributed by atoms with E-state index >= 15 is 0 Å². The van der Waals surface area contributed by atoms with E-state index in [4.69, 9.17) is 5.73 Å². The summed E-state index contributed by atoms with van der Waals surface area (Å²) in [5.41, 5.74) is 7.49. The molecule has 0 spiro atoms. The third-order valence-electron chi connectivity index (χ3n) is 3.79. The number of rotatable bonds is 5. The lowest BCUT2D eigenvalue weighted by Crippen LogP contribution is -2.37. The van der Waals surface area contributed by atoms with Gasteiger partial charge in [-0.25, -0.2) is 0 Å². The summed E-state index contributed by atoms with van der Waals surface area (Å²) in [6.07, 6.45) is 5.41. The molecule has 0 radical (unpaired) electrons. The topological polar surface area (TPSA) is 45.4 Å². The molecule has 18 heavy (non-hydrogen) atoms. The average Bonchev–Trinajstić information content (AvgIpc) is 2.74. The van der Waals surface area contributed by atoms with Crippen molar-refractivity contribution in [3.8, 4) is 0 Å². The second kappa shape index (κ2) is 6.16. The first-order chi connectivity index (χ1) is 8.65. The van der Waals surface area contributed by atoms with Gasteiger partial charge in [0, 0.05) is 31.2 Å². The van der Waals surface area contributed by atoms with E-state index in [9.17, 15) is 0 Å². The van der Waals surface area contributed by atoms with Gasteiger partial charge in [0.25, 0.3) is 0 Å². The number of likely N-dealkylation sites (tertiary alicyclic amines) is 1. The molecular formula is C14H24N4. The van der Waals surface area contributed by atoms with Crippen molar-refractivity contribution in [3.05, 3.63) is 24.0 Å². The van der Waals surface area contributed by atoms with Crippen LogP contribution in [0.1, 0.15) is 18.5 Å². The zero-order valence-electron chi connectivity index (χ0n) is 11.5. The Hall–Kier alpha value is -1.13. The van der Waals surface area contributed by atoms with Gasteiger partial charge in [-0.2, -0.15) is 0 Å². The highest BCUT2D eigenvalue weighted by atomic mass is 15.2. The minimum atomic E-state index is 0.731. The predicted molar refractivity (Wildman–Crippen MR) is 75.5 cm³/mol. The van der Waals surface area contributed by atoms with Crippen molar-refractivity contribution in [2.24, 2.45) is 0 Å². The minimum absolute atomic E-state index is 0.731. The molecule has 1 aliphatic rings. The molecule has 0 bridgehead atoms. The lowest BCUT2D eigenvalue weighted by molar-refractivity contribution is 0.221. The summed E-state index contributed by atoms with van der Waals surface area (Å²) in [7, 11) is 4.43. The van der Waals surface area contributed by atoms with E-state index in [1.54, 1.807) is 6.20 Å². The SMILES string of the molecule is CN(CCc1ccc(N)cn1)CC1CCCN1C. The predicted octanol–water partition coefficient (Wildman–Crippen LogP) is 1.23. The summed E-state index contributed by atoms with van der Waals surface area (Å²) in [6, 6.07) is 4.67. The molecule has 4 heteroatoms. The molecule has 1 aromatic rings. The number of nitrogen functional groups attached to an aromatic ring is 1. The van der Waals surface area contributed by atoms with Crippen LogP contribution in [0, 0.1) is 0 Å². The zero-order chi connectivity index (χ0) is 13.0. The van der Waals surface area contributed by atoms with E-state index in [2.05, 4.69) is 28.9 Å². The van der Waals surface area contributed by atoms with Gasteiger partial charge in [0.15, 0.2) is 0 Å². The largest absolute Gasteiger partial charge is 0.397 e. The van der Waals surface area contributed by atoms with Crippen LogP contribution in [0.3, 0.4) is 0 Å². The van der Waals surface area contributed by atoms with Crippen molar-refractivity contribution in [1.29, 1.82) is 0 Å². The van der Waals surface area contributed by atoms with E-state index in [-0.39, 0.29) is 0 Å². The minimum Gasteiger partial charge on any atom is -0.397 e. The first-order valence-electron chi connectivity index (χ1n) is 6.74. The number of anilines is 1. The second-order valence-corrected chi connectivity index (χ2v) is 5.37. The number of pyridine rings is 1. The van der Waals surface area contributed by atoms with Crippen molar-refractivity contribution in [2.75, 3.05) is 39.5 Å². The van der Waals surface area contributed by atoms with Crippen molar-refractivity contribution >= 4 is 5.69 Å². The van der Waals surface area contributed by atoms with Crippen molar-refractivity contribution in [3.63, 3.8) is 0 Å². The molecular weight excluding hydrogens is 224 g/mol. The van der Waals surface area contributed by atoms with E-state index in [1.165, 1.54) is 19.4 Å². The van der Waals surface area contributed by atoms with Crippen LogP contribution >= 0.6 is 0 Å². The number of likely N-dealkylation sites (N-methyl/N-ethyl adjacent to an activating group) is 2. The lowest BCUT2D eigenvalue weighted by atomic mass is 10.2. The Bertz CT molecular complexity index is 363. The van der Waals surface area contributed by atoms with Crippen LogP contribution in [0.5, 0.6) is 0 Å². The van der Waals surface area contributed by atoms with Gasteiger partial charge in [0.2, 0.25) is 0 Å². The quantitative estimate of drug-likeness (QED) is 0.851. The Morgan fingerprint density at radius 1 is 1.50 bits per heavy atom. The number of aromatic nitrogens is 1. The number of nitrogens with two attached hydrogens (primary N) is 1. The maximum absolute atomic E-state index is 5.63. The first-order valence-corrected chi connectivity index (χ1v) is 6.74. The highest BCUT2D eigenvalue weighted by Gasteiger charge is 2.21. The van der Waals surface area contributed by atoms with Crippen LogP contribution in [0.25, 0.3) is 0 Å². The summed E-state index contributed by atoms with van der Waals surface area (Å²) in [6.45, 7) is 3.46. The van der Waals surface area contributed by atoms with Gasteiger partial charge < -0.3 is 15.5 Å². The molecule has 1 aromatic heterocycles. The van der Waals surface area contributed by atoms with E-state index in [1.807, 2.05) is 12.1 Å². The fraction of sp³-hybridized carbons (Fsp3) is 0.643. The first kappa shape index (κ1) is 13.3. The highest BCUT2D eigenvalue weighted by molar-refractivity contribution is 5.34. The Kier molecular flexibility index (Phi) is 4.55. The van der Waals surface area contributed by atoms with Crippen LogP contribution in [0.4, 0.5) is 5.69 Å². The molecule has 1 fully saturated rings. The third-order valence-corrected chi connectivity index (χ3v) is 3.79. The molecule has 1 unspecified atom stereocenters. The molecule has 0 aliphatic carbocycles. The summed E-state index contributed by atoms with van der Waals surface area (Å²) in [5.74, 6) is 0. The summed E-state index contributed by atoms with van der Waals surface area (Å²) < 4.78 is 0. The Morgan fingerprint density at radius 2 is 2.33 bits per heavy atom. The van der Waals surface area contributed by atoms with E-state index < -0.39 is 0 Å². The van der Waals surface area contributed by atoms with Crippen LogP contribution < -0.4 is 5.73 Å². The molecule has 1 saturated heterocycles. The molecule has 1 aliphatic heterocycles. The third kappa shape index (κ3) is 3.68. The standard InChI is InChI=1S/C14H24N4/c1-17(11-14-4-3-8-18(14)2)9-7-13-6-5-12(15)10-16-13/h5-6,10,14H,3-4,7-9,11,15H2,1-2H3. The van der Waals surface area contributed by atoms with Gasteiger partial charge >= 0.3 is 0 Å². The van der Waals surface area contributed by atoms with Gasteiger partial charge in [-0.15, -0.1) is 0 Å². The molecule has 2 heterocycles. The van der Waals surface area contributed by atoms with Crippen LogP contribution in [-0.2, 0) is 6.42 Å². The van der Waals surface area contributed by atoms with Gasteiger partial charge in [0.05, 0.1) is 11.9 Å². The number of nitrogens with zero attached hydrogens (tertiary/aromatic N) is 3. The van der Waals surface area contributed by atoms with Crippen LogP contribution in [-0.4, -0.2) is 54.6 Å². The molecule has 0 saturated carbocycles. The zero-order valence-corrected chi connectivity index (χ0v) is 11.5. The van der Waals surface area contributed by atoms with Crippen LogP contribution in [0.15, 0.2) is 18.3 Å². The van der Waals surface area contributed by atoms with Crippen molar-refractivity contribution in [1.82, 2.24) is 14.8 Å². The molecule has 100 valence electrons. The molecule has 0 amide bonds. The molecule has 2 rings (SSSR count). The Balaban J connectivity index is 1.74. The molecule has 1 atom stereocenters. The van der Waals surface area contributed by atoms with E-state index in [0.717, 1.165) is 36.9 Å². The summed E-state index contributed by atoms with van der Waals surface area (Å²) in [4.78, 5) is 9.21. The van der Waals surface area contributed by atoms with Crippen molar-refractivity contribution in [2.45, 2.75) is 25.3 Å².